The molecule has 104 valence electrons. The predicted molar refractivity (Wildman–Crippen MR) is 79.2 cm³/mol. The van der Waals surface area contributed by atoms with Gasteiger partial charge >= 0.3 is 5.97 Å². The molecule has 0 amide bonds. The lowest BCUT2D eigenvalue weighted by molar-refractivity contribution is -0.144. The molecule has 0 fully saturated rings. The van der Waals surface area contributed by atoms with E-state index in [9.17, 15) is 9.59 Å². The highest BCUT2D eigenvalue weighted by molar-refractivity contribution is 7.14. The van der Waals surface area contributed by atoms with Gasteiger partial charge in [-0.1, -0.05) is 30.3 Å². The van der Waals surface area contributed by atoms with Crippen molar-refractivity contribution in [2.45, 2.75) is 19.8 Å². The zero-order chi connectivity index (χ0) is 14.5. The van der Waals surface area contributed by atoms with Crippen molar-refractivity contribution in [3.8, 4) is 0 Å². The lowest BCUT2D eigenvalue weighted by Gasteiger charge is -2.07. The molecule has 3 nitrogen and oxygen atoms in total. The summed E-state index contributed by atoms with van der Waals surface area (Å²) < 4.78 is 5.00. The minimum atomic E-state index is -0.336. The Bertz CT molecular complexity index is 601. The third-order valence-electron chi connectivity index (χ3n) is 2.95. The molecular formula is C16H16O3S. The van der Waals surface area contributed by atoms with Crippen LogP contribution in [0.5, 0.6) is 0 Å². The Hall–Kier alpha value is -1.94. The number of rotatable bonds is 5. The van der Waals surface area contributed by atoms with Crippen molar-refractivity contribution in [3.05, 3.63) is 57.8 Å². The molecule has 2 aromatic rings. The molecule has 0 aliphatic carbocycles. The average Bonchev–Trinajstić information content (AvgIpc) is 2.96. The van der Waals surface area contributed by atoms with Crippen LogP contribution in [0.25, 0.3) is 0 Å². The van der Waals surface area contributed by atoms with Crippen LogP contribution in [-0.4, -0.2) is 18.4 Å². The molecule has 1 aromatic carbocycles. The third-order valence-corrected chi connectivity index (χ3v) is 4.22. The van der Waals surface area contributed by atoms with E-state index in [1.807, 2.05) is 24.3 Å². The van der Waals surface area contributed by atoms with Crippen molar-refractivity contribution in [2.24, 2.45) is 0 Å². The summed E-state index contributed by atoms with van der Waals surface area (Å²) >= 11 is 1.35. The zero-order valence-corrected chi connectivity index (χ0v) is 12.3. The number of esters is 1. The van der Waals surface area contributed by atoms with Gasteiger partial charge in [0.05, 0.1) is 17.4 Å². The molecule has 0 aliphatic rings. The average molecular weight is 288 g/mol. The molecule has 4 heteroatoms. The van der Waals surface area contributed by atoms with E-state index in [4.69, 9.17) is 4.74 Å². The van der Waals surface area contributed by atoms with Crippen LogP contribution in [0.15, 0.2) is 42.5 Å². The van der Waals surface area contributed by atoms with Crippen LogP contribution in [-0.2, 0) is 9.53 Å². The Morgan fingerprint density at radius 2 is 1.85 bits per heavy atom. The molecule has 2 rings (SSSR count). The second kappa shape index (κ2) is 6.48. The third kappa shape index (κ3) is 3.14. The first-order chi connectivity index (χ1) is 9.63. The standard InChI is InChI=1S/C16H16O3S/c1-3-19-16(18)11(2)13-9-10-14(20-13)15(17)12-7-5-4-6-8-12/h4-11H,3H2,1-2H3. The number of ketones is 1. The fraction of sp³-hybridized carbons (Fsp3) is 0.250. The highest BCUT2D eigenvalue weighted by Crippen LogP contribution is 2.27. The molecular weight excluding hydrogens is 272 g/mol. The van der Waals surface area contributed by atoms with Crippen molar-refractivity contribution >= 4 is 23.1 Å². The van der Waals surface area contributed by atoms with Gasteiger partial charge in [-0.2, -0.15) is 0 Å². The first-order valence-corrected chi connectivity index (χ1v) is 7.31. The summed E-state index contributed by atoms with van der Waals surface area (Å²) in [5.74, 6) is -0.608. The van der Waals surface area contributed by atoms with Crippen molar-refractivity contribution in [1.82, 2.24) is 0 Å². The summed E-state index contributed by atoms with van der Waals surface area (Å²) in [7, 11) is 0. The number of carbonyl (C=O) groups excluding carboxylic acids is 2. The Morgan fingerprint density at radius 3 is 2.50 bits per heavy atom. The van der Waals surface area contributed by atoms with Crippen LogP contribution in [0, 0.1) is 0 Å². The maximum atomic E-state index is 12.3. The zero-order valence-electron chi connectivity index (χ0n) is 11.5. The van der Waals surface area contributed by atoms with Gasteiger partial charge < -0.3 is 4.74 Å². The Balaban J connectivity index is 2.17. The molecule has 0 aliphatic heterocycles. The quantitative estimate of drug-likeness (QED) is 0.623. The summed E-state index contributed by atoms with van der Waals surface area (Å²) in [6.07, 6.45) is 0. The highest BCUT2D eigenvalue weighted by Gasteiger charge is 2.20. The minimum absolute atomic E-state index is 0.0158. The molecule has 0 N–H and O–H groups in total. The van der Waals surface area contributed by atoms with E-state index in [1.165, 1.54) is 11.3 Å². The number of hydrogen-bond acceptors (Lipinski definition) is 4. The lowest BCUT2D eigenvalue weighted by atomic mass is 10.1. The SMILES string of the molecule is CCOC(=O)C(C)c1ccc(C(=O)c2ccccc2)s1. The Morgan fingerprint density at radius 1 is 1.15 bits per heavy atom. The van der Waals surface area contributed by atoms with E-state index in [1.54, 1.807) is 32.0 Å². The number of thiophene rings is 1. The van der Waals surface area contributed by atoms with E-state index in [0.29, 0.717) is 17.0 Å². The number of benzene rings is 1. The van der Waals surface area contributed by atoms with Crippen molar-refractivity contribution < 1.29 is 14.3 Å². The Labute approximate surface area is 122 Å². The first kappa shape index (κ1) is 14.5. The van der Waals surface area contributed by atoms with Gasteiger partial charge in [-0.15, -0.1) is 11.3 Å². The predicted octanol–water partition coefficient (Wildman–Crippen LogP) is 3.65. The topological polar surface area (TPSA) is 43.4 Å². The molecule has 0 spiro atoms. The van der Waals surface area contributed by atoms with Gasteiger partial charge in [0.15, 0.2) is 0 Å². The smallest absolute Gasteiger partial charge is 0.313 e. The van der Waals surface area contributed by atoms with Crippen molar-refractivity contribution in [3.63, 3.8) is 0 Å². The van der Waals surface area contributed by atoms with E-state index in [-0.39, 0.29) is 17.7 Å². The fourth-order valence-corrected chi connectivity index (χ4v) is 2.83. The van der Waals surface area contributed by atoms with Gasteiger partial charge in [0, 0.05) is 10.4 Å². The summed E-state index contributed by atoms with van der Waals surface area (Å²) in [6, 6.07) is 12.7. The molecule has 0 saturated carbocycles. The largest absolute Gasteiger partial charge is 0.466 e. The van der Waals surface area contributed by atoms with E-state index in [0.717, 1.165) is 4.88 Å². The molecule has 1 aromatic heterocycles. The van der Waals surface area contributed by atoms with Gasteiger partial charge in [0.25, 0.3) is 0 Å². The van der Waals surface area contributed by atoms with Crippen LogP contribution in [0.1, 0.15) is 39.9 Å². The van der Waals surface area contributed by atoms with Gasteiger partial charge in [-0.3, -0.25) is 9.59 Å². The minimum Gasteiger partial charge on any atom is -0.466 e. The monoisotopic (exact) mass is 288 g/mol. The van der Waals surface area contributed by atoms with Crippen molar-refractivity contribution in [1.29, 1.82) is 0 Å². The van der Waals surface area contributed by atoms with Gasteiger partial charge in [-0.05, 0) is 26.0 Å². The number of hydrogen-bond donors (Lipinski definition) is 0. The summed E-state index contributed by atoms with van der Waals surface area (Å²) in [5.41, 5.74) is 0.657. The summed E-state index contributed by atoms with van der Waals surface area (Å²) in [5, 5.41) is 0. The van der Waals surface area contributed by atoms with Crippen LogP contribution < -0.4 is 0 Å². The van der Waals surface area contributed by atoms with Crippen LogP contribution >= 0.6 is 11.3 Å². The van der Waals surface area contributed by atoms with Crippen molar-refractivity contribution in [2.75, 3.05) is 6.61 Å². The molecule has 1 unspecified atom stereocenters. The molecule has 1 heterocycles. The van der Waals surface area contributed by atoms with Crippen LogP contribution in [0.3, 0.4) is 0 Å². The summed E-state index contributed by atoms with van der Waals surface area (Å²) in [6.45, 7) is 3.94. The van der Waals surface area contributed by atoms with E-state index in [2.05, 4.69) is 0 Å². The lowest BCUT2D eigenvalue weighted by Crippen LogP contribution is -2.11. The Kier molecular flexibility index (Phi) is 4.69. The maximum Gasteiger partial charge on any atom is 0.313 e. The van der Waals surface area contributed by atoms with E-state index < -0.39 is 0 Å². The second-order valence-electron chi connectivity index (χ2n) is 4.37. The van der Waals surface area contributed by atoms with Crippen LogP contribution in [0.2, 0.25) is 0 Å². The van der Waals surface area contributed by atoms with Crippen LogP contribution in [0.4, 0.5) is 0 Å². The molecule has 0 bridgehead atoms. The first-order valence-electron chi connectivity index (χ1n) is 6.49. The fourth-order valence-electron chi connectivity index (χ4n) is 1.82. The molecule has 0 radical (unpaired) electrons. The van der Waals surface area contributed by atoms with Gasteiger partial charge in [0.1, 0.15) is 0 Å². The van der Waals surface area contributed by atoms with E-state index >= 15 is 0 Å². The second-order valence-corrected chi connectivity index (χ2v) is 5.49. The molecule has 0 saturated heterocycles. The molecule has 20 heavy (non-hydrogen) atoms. The molecule has 1 atom stereocenters. The normalized spacial score (nSPS) is 11.9. The maximum absolute atomic E-state index is 12.3. The van der Waals surface area contributed by atoms with Gasteiger partial charge in [-0.25, -0.2) is 0 Å². The number of carbonyl (C=O) groups is 2. The highest BCUT2D eigenvalue weighted by atomic mass is 32.1. The van der Waals surface area contributed by atoms with Gasteiger partial charge in [0.2, 0.25) is 5.78 Å². The summed E-state index contributed by atoms with van der Waals surface area (Å²) in [4.78, 5) is 25.5. The number of ether oxygens (including phenoxy) is 1.